The van der Waals surface area contributed by atoms with E-state index in [1.807, 2.05) is 6.92 Å². The van der Waals surface area contributed by atoms with E-state index in [0.717, 1.165) is 29.6 Å². The Morgan fingerprint density at radius 1 is 1.14 bits per heavy atom. The third-order valence-corrected chi connectivity index (χ3v) is 4.90. The van der Waals surface area contributed by atoms with Crippen LogP contribution in [0.15, 0.2) is 28.7 Å². The summed E-state index contributed by atoms with van der Waals surface area (Å²) >= 11 is 1.10. The van der Waals surface area contributed by atoms with Crippen LogP contribution >= 0.6 is 11.9 Å². The van der Waals surface area contributed by atoms with Crippen LogP contribution in [0.25, 0.3) is 0 Å². The van der Waals surface area contributed by atoms with Crippen LogP contribution in [0.4, 0.5) is 0 Å². The molecule has 3 heteroatoms. The minimum absolute atomic E-state index is 0.0840. The molecule has 0 fully saturated rings. The zero-order valence-corrected chi connectivity index (χ0v) is 13.9. The molecule has 1 heterocycles. The number of nitrogens with zero attached hydrogens (tertiary/aromatic N) is 1. The minimum Gasteiger partial charge on any atom is -0.285 e. The third-order valence-electron chi connectivity index (χ3n) is 4.00. The molecular weight excluding hydrogens is 278 g/mol. The Balaban J connectivity index is 1.86. The van der Waals surface area contributed by atoms with Crippen molar-refractivity contribution in [1.82, 2.24) is 0 Å². The third kappa shape index (κ3) is 4.99. The molecule has 0 aromatic heterocycles. The number of rotatable bonds is 7. The lowest BCUT2D eigenvalue weighted by atomic mass is 9.97. The second kappa shape index (κ2) is 8.38. The van der Waals surface area contributed by atoms with Gasteiger partial charge in [0, 0.05) is 24.3 Å². The number of hydrogen-bond acceptors (Lipinski definition) is 3. The number of benzene rings is 1. The fraction of sp³-hybridized carbons (Fsp3) is 0.556. The molecule has 114 valence electrons. The van der Waals surface area contributed by atoms with Crippen LogP contribution in [0.5, 0.6) is 0 Å². The molecule has 0 N–H and O–H groups in total. The maximum absolute atomic E-state index is 11.5. The average Bonchev–Trinajstić information content (AvgIpc) is 2.50. The topological polar surface area (TPSA) is 29.4 Å². The zero-order chi connectivity index (χ0) is 15.1. The summed E-state index contributed by atoms with van der Waals surface area (Å²) in [5.41, 5.74) is 3.63. The molecule has 2 nitrogen and oxygen atoms in total. The first kappa shape index (κ1) is 16.3. The van der Waals surface area contributed by atoms with Gasteiger partial charge in [-0.25, -0.2) is 4.40 Å². The molecule has 1 atom stereocenters. The van der Waals surface area contributed by atoms with Gasteiger partial charge in [-0.05, 0) is 24.0 Å². The van der Waals surface area contributed by atoms with Gasteiger partial charge in [0.1, 0.15) is 0 Å². The minimum atomic E-state index is 0.0840. The first-order chi connectivity index (χ1) is 10.2. The quantitative estimate of drug-likeness (QED) is 0.511. The molecule has 0 radical (unpaired) electrons. The van der Waals surface area contributed by atoms with Crippen molar-refractivity contribution in [2.45, 2.75) is 58.8 Å². The number of carbonyl (C=O) groups excluding carboxylic acids is 1. The Bertz CT molecular complexity index is 492. The van der Waals surface area contributed by atoms with E-state index in [1.165, 1.54) is 44.1 Å². The number of carbonyl (C=O) groups is 1. The SMILES string of the molecule is CCCCCCCc1ccc(C2=NSC(=O)[C@H](C)C2)cc1. The van der Waals surface area contributed by atoms with Crippen molar-refractivity contribution in [2.75, 3.05) is 0 Å². The number of unbranched alkanes of at least 4 members (excludes halogenated alkanes) is 4. The predicted molar refractivity (Wildman–Crippen MR) is 91.8 cm³/mol. The fourth-order valence-electron chi connectivity index (χ4n) is 2.57. The van der Waals surface area contributed by atoms with E-state index in [2.05, 4.69) is 35.6 Å². The molecule has 0 unspecified atom stereocenters. The molecule has 0 aliphatic carbocycles. The van der Waals surface area contributed by atoms with E-state index >= 15 is 0 Å². The Kier molecular flexibility index (Phi) is 6.50. The van der Waals surface area contributed by atoms with Gasteiger partial charge < -0.3 is 0 Å². The largest absolute Gasteiger partial charge is 0.285 e. The highest BCUT2D eigenvalue weighted by molar-refractivity contribution is 8.12. The summed E-state index contributed by atoms with van der Waals surface area (Å²) in [5, 5.41) is 0.183. The van der Waals surface area contributed by atoms with Gasteiger partial charge in [0.25, 0.3) is 0 Å². The first-order valence-corrected chi connectivity index (χ1v) is 8.85. The van der Waals surface area contributed by atoms with Crippen LogP contribution in [-0.2, 0) is 11.2 Å². The van der Waals surface area contributed by atoms with Gasteiger partial charge in [-0.1, -0.05) is 63.8 Å². The molecule has 1 aliphatic heterocycles. The van der Waals surface area contributed by atoms with E-state index in [9.17, 15) is 4.79 Å². The fourth-order valence-corrected chi connectivity index (χ4v) is 3.21. The highest BCUT2D eigenvalue weighted by atomic mass is 32.2. The lowest BCUT2D eigenvalue weighted by molar-refractivity contribution is -0.113. The molecule has 0 amide bonds. The summed E-state index contributed by atoms with van der Waals surface area (Å²) in [6.45, 7) is 4.23. The summed E-state index contributed by atoms with van der Waals surface area (Å²) in [7, 11) is 0. The van der Waals surface area contributed by atoms with Gasteiger partial charge in [0.2, 0.25) is 5.12 Å². The maximum atomic E-state index is 11.5. The monoisotopic (exact) mass is 303 g/mol. The van der Waals surface area contributed by atoms with Crippen molar-refractivity contribution in [3.8, 4) is 0 Å². The van der Waals surface area contributed by atoms with Gasteiger partial charge in [0.15, 0.2) is 0 Å². The molecule has 21 heavy (non-hydrogen) atoms. The van der Waals surface area contributed by atoms with Gasteiger partial charge in [-0.3, -0.25) is 4.79 Å². The second-order valence-electron chi connectivity index (χ2n) is 5.91. The highest BCUT2D eigenvalue weighted by Gasteiger charge is 2.22. The van der Waals surface area contributed by atoms with Crippen molar-refractivity contribution in [1.29, 1.82) is 0 Å². The molecule has 0 spiro atoms. The molecule has 1 aromatic carbocycles. The van der Waals surface area contributed by atoms with Crippen molar-refractivity contribution >= 4 is 22.8 Å². The van der Waals surface area contributed by atoms with Crippen LogP contribution in [0.1, 0.15) is 63.5 Å². The molecule has 2 rings (SSSR count). The van der Waals surface area contributed by atoms with Crippen LogP contribution in [0.3, 0.4) is 0 Å². The predicted octanol–water partition coefficient (Wildman–Crippen LogP) is 5.20. The van der Waals surface area contributed by atoms with Gasteiger partial charge in [-0.2, -0.15) is 0 Å². The van der Waals surface area contributed by atoms with Gasteiger partial charge in [-0.15, -0.1) is 0 Å². The second-order valence-corrected chi connectivity index (χ2v) is 6.68. The van der Waals surface area contributed by atoms with Gasteiger partial charge in [0.05, 0.1) is 5.71 Å². The standard InChI is InChI=1S/C18H25NOS/c1-3-4-5-6-7-8-15-9-11-16(12-10-15)17-13-14(2)18(20)21-19-17/h9-12,14H,3-8,13H2,1-2H3/t14-/m1/s1. The summed E-state index contributed by atoms with van der Waals surface area (Å²) in [6, 6.07) is 8.74. The Hall–Kier alpha value is -1.09. The van der Waals surface area contributed by atoms with E-state index in [-0.39, 0.29) is 11.0 Å². The van der Waals surface area contributed by atoms with E-state index < -0.39 is 0 Å². The lowest BCUT2D eigenvalue weighted by Crippen LogP contribution is -2.17. The van der Waals surface area contributed by atoms with Crippen LogP contribution in [0, 0.1) is 5.92 Å². The molecule has 0 saturated heterocycles. The Labute approximate surface area is 132 Å². The van der Waals surface area contributed by atoms with Crippen molar-refractivity contribution in [3.05, 3.63) is 35.4 Å². The summed E-state index contributed by atoms with van der Waals surface area (Å²) in [4.78, 5) is 11.5. The van der Waals surface area contributed by atoms with Gasteiger partial charge >= 0.3 is 0 Å². The van der Waals surface area contributed by atoms with Crippen molar-refractivity contribution in [3.63, 3.8) is 0 Å². The van der Waals surface area contributed by atoms with E-state index in [0.29, 0.717) is 0 Å². The maximum Gasteiger partial charge on any atom is 0.214 e. The first-order valence-electron chi connectivity index (χ1n) is 8.07. The lowest BCUT2D eigenvalue weighted by Gasteiger charge is -2.16. The van der Waals surface area contributed by atoms with E-state index in [1.54, 1.807) is 0 Å². The molecule has 0 bridgehead atoms. The van der Waals surface area contributed by atoms with Crippen LogP contribution < -0.4 is 0 Å². The average molecular weight is 303 g/mol. The molecule has 0 saturated carbocycles. The summed E-state index contributed by atoms with van der Waals surface area (Å²) in [6.07, 6.45) is 8.56. The molecule has 1 aromatic rings. The van der Waals surface area contributed by atoms with E-state index in [4.69, 9.17) is 0 Å². The van der Waals surface area contributed by atoms with Crippen molar-refractivity contribution < 1.29 is 4.79 Å². The van der Waals surface area contributed by atoms with Crippen LogP contribution in [0.2, 0.25) is 0 Å². The Morgan fingerprint density at radius 2 is 1.86 bits per heavy atom. The Morgan fingerprint density at radius 3 is 2.52 bits per heavy atom. The normalized spacial score (nSPS) is 18.7. The highest BCUT2D eigenvalue weighted by Crippen LogP contribution is 2.25. The molecule has 1 aliphatic rings. The smallest absolute Gasteiger partial charge is 0.214 e. The summed E-state index contributed by atoms with van der Waals surface area (Å²) < 4.78 is 4.34. The van der Waals surface area contributed by atoms with Crippen molar-refractivity contribution in [2.24, 2.45) is 10.3 Å². The number of hydrogen-bond donors (Lipinski definition) is 0. The zero-order valence-electron chi connectivity index (χ0n) is 13.1. The summed E-state index contributed by atoms with van der Waals surface area (Å²) in [5.74, 6) is 0.0840. The van der Waals surface area contributed by atoms with Crippen LogP contribution in [-0.4, -0.2) is 10.8 Å². The number of aryl methyl sites for hydroxylation is 1. The molecular formula is C18H25NOS.